The van der Waals surface area contributed by atoms with Crippen LogP contribution in [0.25, 0.3) is 5.70 Å². The topological polar surface area (TPSA) is 59.8 Å². The normalized spacial score (nSPS) is 22.4. The van der Waals surface area contributed by atoms with Gasteiger partial charge in [0.05, 0.1) is 25.0 Å². The van der Waals surface area contributed by atoms with Crippen molar-refractivity contribution in [2.24, 2.45) is 4.99 Å². The second-order valence-corrected chi connectivity index (χ2v) is 6.97. The molecule has 0 unspecified atom stereocenters. The van der Waals surface area contributed by atoms with E-state index in [0.29, 0.717) is 19.3 Å². The monoisotopic (exact) mass is 350 g/mol. The highest BCUT2D eigenvalue weighted by Crippen LogP contribution is 2.27. The molecule has 1 fully saturated rings. The Balaban J connectivity index is 1.70. The molecule has 1 saturated heterocycles. The number of nitrogens with one attached hydrogen (secondary N) is 2. The second-order valence-electron chi connectivity index (χ2n) is 6.11. The lowest BCUT2D eigenvalue weighted by molar-refractivity contribution is 0.0962. The van der Waals surface area contributed by atoms with Gasteiger partial charge in [-0.2, -0.15) is 0 Å². The van der Waals surface area contributed by atoms with Crippen LogP contribution in [0.3, 0.4) is 0 Å². The van der Waals surface area contributed by atoms with Crippen molar-refractivity contribution in [2.75, 3.05) is 26.9 Å². The first-order valence-corrected chi connectivity index (χ1v) is 9.28. The van der Waals surface area contributed by atoms with Crippen LogP contribution in [0.1, 0.15) is 29.8 Å². The Labute approximate surface area is 147 Å². The molecule has 0 spiro atoms. The summed E-state index contributed by atoms with van der Waals surface area (Å²) in [6, 6.07) is 2.23. The summed E-state index contributed by atoms with van der Waals surface area (Å²) in [5.41, 5.74) is 11.3. The van der Waals surface area contributed by atoms with Gasteiger partial charge >= 0.3 is 0 Å². The maximum Gasteiger partial charge on any atom is 0.179 e. The maximum absolute atomic E-state index is 5.79. The fourth-order valence-electron chi connectivity index (χ4n) is 3.09. The van der Waals surface area contributed by atoms with Gasteiger partial charge in [0, 0.05) is 42.6 Å². The SMILES string of the molecule is COCCN=C1NNC(c2cc(C)n(C[C@@H]3CCCO3)c2C)=CS1. The predicted molar refractivity (Wildman–Crippen MR) is 98.9 cm³/mol. The Hall–Kier alpha value is -1.44. The maximum atomic E-state index is 5.79. The number of hydrogen-bond donors (Lipinski definition) is 2. The van der Waals surface area contributed by atoms with Crippen molar-refractivity contribution in [1.82, 2.24) is 15.4 Å². The molecule has 0 aromatic carbocycles. The van der Waals surface area contributed by atoms with Crippen molar-refractivity contribution in [2.45, 2.75) is 39.3 Å². The molecule has 132 valence electrons. The van der Waals surface area contributed by atoms with Crippen molar-refractivity contribution in [3.63, 3.8) is 0 Å². The summed E-state index contributed by atoms with van der Waals surface area (Å²) in [7, 11) is 1.68. The number of aliphatic imine (C=N–C) groups is 1. The van der Waals surface area contributed by atoms with Crippen molar-refractivity contribution >= 4 is 22.6 Å². The van der Waals surface area contributed by atoms with E-state index in [-0.39, 0.29) is 0 Å². The lowest BCUT2D eigenvalue weighted by Gasteiger charge is -2.19. The summed E-state index contributed by atoms with van der Waals surface area (Å²) in [5, 5.41) is 2.98. The van der Waals surface area contributed by atoms with Crippen molar-refractivity contribution in [3.05, 3.63) is 28.4 Å². The summed E-state index contributed by atoms with van der Waals surface area (Å²) in [6.07, 6.45) is 2.68. The molecule has 0 bridgehead atoms. The molecule has 1 aromatic heterocycles. The Kier molecular flexibility index (Phi) is 5.86. The number of hydrazine groups is 1. The number of nitrogens with zero attached hydrogens (tertiary/aromatic N) is 2. The van der Waals surface area contributed by atoms with Gasteiger partial charge in [-0.15, -0.1) is 0 Å². The van der Waals surface area contributed by atoms with Crippen LogP contribution < -0.4 is 10.9 Å². The molecule has 7 heteroatoms. The van der Waals surface area contributed by atoms with Gasteiger partial charge in [-0.05, 0) is 32.8 Å². The highest BCUT2D eigenvalue weighted by atomic mass is 32.2. The minimum Gasteiger partial charge on any atom is -0.383 e. The number of thioether (sulfide) groups is 1. The van der Waals surface area contributed by atoms with Gasteiger partial charge < -0.3 is 14.0 Å². The molecule has 0 saturated carbocycles. The molecule has 3 rings (SSSR count). The number of methoxy groups -OCH3 is 1. The van der Waals surface area contributed by atoms with Gasteiger partial charge in [-0.3, -0.25) is 15.8 Å². The van der Waals surface area contributed by atoms with E-state index in [1.54, 1.807) is 18.9 Å². The van der Waals surface area contributed by atoms with Crippen LogP contribution in [0, 0.1) is 13.8 Å². The summed E-state index contributed by atoms with van der Waals surface area (Å²) in [6.45, 7) is 7.46. The quantitative estimate of drug-likeness (QED) is 0.772. The van der Waals surface area contributed by atoms with Crippen molar-refractivity contribution in [1.29, 1.82) is 0 Å². The molecular weight excluding hydrogens is 324 g/mol. The van der Waals surface area contributed by atoms with E-state index in [9.17, 15) is 0 Å². The van der Waals surface area contributed by atoms with Crippen molar-refractivity contribution in [3.8, 4) is 0 Å². The summed E-state index contributed by atoms with van der Waals surface area (Å²) in [4.78, 5) is 4.43. The van der Waals surface area contributed by atoms with E-state index in [1.807, 2.05) is 0 Å². The van der Waals surface area contributed by atoms with E-state index < -0.39 is 0 Å². The Bertz CT molecular complexity index is 633. The molecule has 2 N–H and O–H groups in total. The summed E-state index contributed by atoms with van der Waals surface area (Å²) >= 11 is 1.60. The summed E-state index contributed by atoms with van der Waals surface area (Å²) < 4.78 is 13.2. The molecule has 2 aliphatic heterocycles. The van der Waals surface area contributed by atoms with E-state index >= 15 is 0 Å². The number of aryl methyl sites for hydroxylation is 1. The Morgan fingerprint density at radius 3 is 2.96 bits per heavy atom. The highest BCUT2D eigenvalue weighted by molar-refractivity contribution is 8.16. The average Bonchev–Trinajstić information content (AvgIpc) is 3.20. The molecule has 6 nitrogen and oxygen atoms in total. The van der Waals surface area contributed by atoms with Gasteiger partial charge in [0.2, 0.25) is 0 Å². The van der Waals surface area contributed by atoms with E-state index in [0.717, 1.165) is 30.4 Å². The standard InChI is InChI=1S/C17H26N4O2S/c1-12-9-15(13(2)21(12)10-14-5-4-7-23-14)16-11-24-17(20-19-16)18-6-8-22-3/h9,11,14,19H,4-8,10H2,1-3H3,(H,18,20)/t14-/m0/s1. The van der Waals surface area contributed by atoms with E-state index in [4.69, 9.17) is 9.47 Å². The minimum atomic E-state index is 0.350. The first kappa shape index (κ1) is 17.4. The van der Waals surface area contributed by atoms with Gasteiger partial charge in [0.15, 0.2) is 5.17 Å². The fraction of sp³-hybridized carbons (Fsp3) is 0.588. The van der Waals surface area contributed by atoms with Gasteiger partial charge in [0.25, 0.3) is 0 Å². The van der Waals surface area contributed by atoms with E-state index in [2.05, 4.69) is 45.7 Å². The minimum absolute atomic E-state index is 0.350. The lowest BCUT2D eigenvalue weighted by atomic mass is 10.2. The van der Waals surface area contributed by atoms with Crippen LogP contribution in [0.2, 0.25) is 0 Å². The van der Waals surface area contributed by atoms with Gasteiger partial charge in [0.1, 0.15) is 0 Å². The third kappa shape index (κ3) is 3.96. The number of ether oxygens (including phenoxy) is 2. The smallest absolute Gasteiger partial charge is 0.179 e. The molecule has 0 amide bonds. The van der Waals surface area contributed by atoms with Crippen LogP contribution in [0.4, 0.5) is 0 Å². The lowest BCUT2D eigenvalue weighted by Crippen LogP contribution is -2.37. The molecular formula is C17H26N4O2S. The first-order chi connectivity index (χ1) is 11.7. The van der Waals surface area contributed by atoms with Crippen LogP contribution in [0.5, 0.6) is 0 Å². The molecule has 0 aliphatic carbocycles. The molecule has 0 radical (unpaired) electrons. The number of aromatic nitrogens is 1. The third-order valence-corrected chi connectivity index (χ3v) is 5.23. The molecule has 3 heterocycles. The molecule has 2 aliphatic rings. The van der Waals surface area contributed by atoms with Crippen LogP contribution in [-0.2, 0) is 16.0 Å². The van der Waals surface area contributed by atoms with Crippen molar-refractivity contribution < 1.29 is 9.47 Å². The Morgan fingerprint density at radius 1 is 1.42 bits per heavy atom. The zero-order valence-electron chi connectivity index (χ0n) is 14.6. The fourth-order valence-corrected chi connectivity index (χ4v) is 3.78. The van der Waals surface area contributed by atoms with E-state index in [1.165, 1.54) is 23.4 Å². The molecule has 1 atom stereocenters. The van der Waals surface area contributed by atoms with Crippen LogP contribution in [0.15, 0.2) is 16.5 Å². The van der Waals surface area contributed by atoms with Crippen LogP contribution in [-0.4, -0.2) is 42.7 Å². The van der Waals surface area contributed by atoms with Crippen LogP contribution >= 0.6 is 11.8 Å². The molecule has 24 heavy (non-hydrogen) atoms. The zero-order chi connectivity index (χ0) is 16.9. The number of hydrogen-bond acceptors (Lipinski definition) is 5. The first-order valence-electron chi connectivity index (χ1n) is 8.40. The largest absolute Gasteiger partial charge is 0.383 e. The second kappa shape index (κ2) is 8.09. The molecule has 1 aromatic rings. The average molecular weight is 350 g/mol. The Morgan fingerprint density at radius 2 is 2.29 bits per heavy atom. The summed E-state index contributed by atoms with van der Waals surface area (Å²) in [5.74, 6) is 0. The number of rotatable bonds is 6. The number of amidine groups is 1. The zero-order valence-corrected chi connectivity index (χ0v) is 15.4. The third-order valence-electron chi connectivity index (χ3n) is 4.42. The highest BCUT2D eigenvalue weighted by Gasteiger charge is 2.21. The predicted octanol–water partition coefficient (Wildman–Crippen LogP) is 2.43. The van der Waals surface area contributed by atoms with Gasteiger partial charge in [-0.25, -0.2) is 0 Å². The van der Waals surface area contributed by atoms with Gasteiger partial charge in [-0.1, -0.05) is 11.8 Å².